The number of carbonyl (C=O) groups excluding carboxylic acids is 1. The summed E-state index contributed by atoms with van der Waals surface area (Å²) < 4.78 is 5.52. The lowest BCUT2D eigenvalue weighted by molar-refractivity contribution is 0.0734. The van der Waals surface area contributed by atoms with Crippen LogP contribution in [-0.4, -0.2) is 34.4 Å². The van der Waals surface area contributed by atoms with Crippen molar-refractivity contribution in [3.63, 3.8) is 0 Å². The molecule has 0 saturated carbocycles. The van der Waals surface area contributed by atoms with Gasteiger partial charge in [0.05, 0.1) is 35.6 Å². The monoisotopic (exact) mass is 361 g/mol. The summed E-state index contributed by atoms with van der Waals surface area (Å²) in [4.78, 5) is 24.4. The third-order valence-corrected chi connectivity index (χ3v) is 5.33. The fraction of sp³-hybridized carbons (Fsp3) is 0.318. The van der Waals surface area contributed by atoms with Crippen molar-refractivity contribution in [1.82, 2.24) is 14.9 Å². The van der Waals surface area contributed by atoms with Crippen molar-refractivity contribution in [1.29, 1.82) is 0 Å². The number of methoxy groups -OCH3 is 1. The lowest BCUT2D eigenvalue weighted by atomic mass is 10.0. The van der Waals surface area contributed by atoms with Gasteiger partial charge in [-0.3, -0.25) is 4.79 Å². The van der Waals surface area contributed by atoms with Crippen molar-refractivity contribution < 1.29 is 9.53 Å². The second-order valence-electron chi connectivity index (χ2n) is 7.00. The van der Waals surface area contributed by atoms with Crippen LogP contribution in [0.5, 0.6) is 5.75 Å². The number of rotatable bonds is 3. The molecular formula is C22H23N3O2. The van der Waals surface area contributed by atoms with Crippen molar-refractivity contribution >= 4 is 16.9 Å². The van der Waals surface area contributed by atoms with Crippen molar-refractivity contribution in [2.45, 2.75) is 32.7 Å². The Kier molecular flexibility index (Phi) is 4.52. The van der Waals surface area contributed by atoms with E-state index in [2.05, 4.69) is 9.97 Å². The molecule has 27 heavy (non-hydrogen) atoms. The number of nitrogens with zero attached hydrogens (tertiary/aromatic N) is 3. The molecule has 1 atom stereocenters. The molecule has 0 bridgehead atoms. The van der Waals surface area contributed by atoms with Gasteiger partial charge < -0.3 is 9.64 Å². The first-order valence-electron chi connectivity index (χ1n) is 9.27. The van der Waals surface area contributed by atoms with Crippen LogP contribution < -0.4 is 4.74 Å². The highest BCUT2D eigenvalue weighted by Gasteiger charge is 2.32. The van der Waals surface area contributed by atoms with E-state index in [4.69, 9.17) is 4.74 Å². The average molecular weight is 361 g/mol. The van der Waals surface area contributed by atoms with Gasteiger partial charge in [-0.05, 0) is 51.0 Å². The standard InChI is InChI=1S/C22H23N3O2/c1-14-15(2)24-19-13-16(10-11-18(19)23-14)22(26)25-12-6-8-20(25)17-7-4-5-9-21(17)27-3/h4-5,7,9-11,13,20H,6,8,12H2,1-3H3/t20-/m1/s1. The molecule has 1 aromatic heterocycles. The van der Waals surface area contributed by atoms with Crippen LogP contribution >= 0.6 is 0 Å². The SMILES string of the molecule is COc1ccccc1[C@H]1CCCN1C(=O)c1ccc2nc(C)c(C)nc2c1. The molecule has 1 saturated heterocycles. The molecule has 4 rings (SSSR count). The van der Waals surface area contributed by atoms with Gasteiger partial charge >= 0.3 is 0 Å². The number of para-hydroxylation sites is 1. The second-order valence-corrected chi connectivity index (χ2v) is 7.00. The van der Waals surface area contributed by atoms with Gasteiger partial charge in [0.2, 0.25) is 0 Å². The molecule has 2 aromatic carbocycles. The summed E-state index contributed by atoms with van der Waals surface area (Å²) in [5.74, 6) is 0.864. The summed E-state index contributed by atoms with van der Waals surface area (Å²) >= 11 is 0. The van der Waals surface area contributed by atoms with Gasteiger partial charge in [0.1, 0.15) is 5.75 Å². The fourth-order valence-corrected chi connectivity index (χ4v) is 3.80. The Morgan fingerprint density at radius 3 is 2.59 bits per heavy atom. The number of aryl methyl sites for hydroxylation is 2. The van der Waals surface area contributed by atoms with Crippen molar-refractivity contribution in [2.75, 3.05) is 13.7 Å². The maximum Gasteiger partial charge on any atom is 0.254 e. The molecule has 1 fully saturated rings. The van der Waals surface area contributed by atoms with Crippen LogP contribution in [0.25, 0.3) is 11.0 Å². The van der Waals surface area contributed by atoms with Crippen LogP contribution in [0.2, 0.25) is 0 Å². The van der Waals surface area contributed by atoms with E-state index in [9.17, 15) is 4.79 Å². The first kappa shape index (κ1) is 17.5. The van der Waals surface area contributed by atoms with Crippen molar-refractivity contribution in [3.8, 4) is 5.75 Å². The molecule has 0 aliphatic carbocycles. The van der Waals surface area contributed by atoms with Gasteiger partial charge in [-0.2, -0.15) is 0 Å². The number of hydrogen-bond donors (Lipinski definition) is 0. The van der Waals surface area contributed by atoms with Crippen LogP contribution in [-0.2, 0) is 0 Å². The lowest BCUT2D eigenvalue weighted by Gasteiger charge is -2.26. The van der Waals surface area contributed by atoms with Gasteiger partial charge in [-0.15, -0.1) is 0 Å². The van der Waals surface area contributed by atoms with E-state index in [1.165, 1.54) is 0 Å². The van der Waals surface area contributed by atoms with Crippen LogP contribution in [0.1, 0.15) is 46.2 Å². The summed E-state index contributed by atoms with van der Waals surface area (Å²) in [6, 6.07) is 13.6. The highest BCUT2D eigenvalue weighted by atomic mass is 16.5. The highest BCUT2D eigenvalue weighted by molar-refractivity contribution is 5.97. The molecule has 0 N–H and O–H groups in total. The number of aromatic nitrogens is 2. The summed E-state index contributed by atoms with van der Waals surface area (Å²) in [7, 11) is 1.67. The number of likely N-dealkylation sites (tertiary alicyclic amines) is 1. The molecule has 5 nitrogen and oxygen atoms in total. The van der Waals surface area contributed by atoms with Gasteiger partial charge in [0, 0.05) is 17.7 Å². The van der Waals surface area contributed by atoms with Crippen LogP contribution in [0, 0.1) is 13.8 Å². The summed E-state index contributed by atoms with van der Waals surface area (Å²) in [5, 5.41) is 0. The summed E-state index contributed by atoms with van der Waals surface area (Å²) in [6.45, 7) is 4.63. The Bertz CT molecular complexity index is 1020. The smallest absolute Gasteiger partial charge is 0.254 e. The van der Waals surface area contributed by atoms with E-state index in [-0.39, 0.29) is 11.9 Å². The minimum absolute atomic E-state index is 0.0327. The number of amides is 1. The van der Waals surface area contributed by atoms with E-state index in [1.807, 2.05) is 61.2 Å². The number of ether oxygens (including phenoxy) is 1. The molecule has 1 aliphatic rings. The summed E-state index contributed by atoms with van der Waals surface area (Å²) in [5.41, 5.74) is 5.10. The quantitative estimate of drug-likeness (QED) is 0.700. The Morgan fingerprint density at radius 2 is 1.81 bits per heavy atom. The van der Waals surface area contributed by atoms with E-state index in [0.29, 0.717) is 5.56 Å². The zero-order chi connectivity index (χ0) is 19.0. The molecule has 3 aromatic rings. The van der Waals surface area contributed by atoms with Gasteiger partial charge in [0.25, 0.3) is 5.91 Å². The Hall–Kier alpha value is -2.95. The van der Waals surface area contributed by atoms with Crippen LogP contribution in [0.4, 0.5) is 0 Å². The number of hydrogen-bond acceptors (Lipinski definition) is 4. The van der Waals surface area contributed by atoms with Crippen LogP contribution in [0.3, 0.4) is 0 Å². The number of fused-ring (bicyclic) bond motifs is 1. The van der Waals surface area contributed by atoms with Gasteiger partial charge in [0.15, 0.2) is 0 Å². The van der Waals surface area contributed by atoms with E-state index < -0.39 is 0 Å². The predicted octanol–water partition coefficient (Wildman–Crippen LogP) is 4.23. The first-order chi connectivity index (χ1) is 13.1. The Labute approximate surface area is 159 Å². The molecule has 1 amide bonds. The number of carbonyl (C=O) groups is 1. The largest absolute Gasteiger partial charge is 0.496 e. The third kappa shape index (κ3) is 3.14. The first-order valence-corrected chi connectivity index (χ1v) is 9.27. The molecule has 138 valence electrons. The number of benzene rings is 2. The molecule has 0 unspecified atom stereocenters. The molecule has 1 aliphatic heterocycles. The Morgan fingerprint density at radius 1 is 1.07 bits per heavy atom. The third-order valence-electron chi connectivity index (χ3n) is 5.33. The molecule has 0 spiro atoms. The average Bonchev–Trinajstić information content (AvgIpc) is 3.17. The van der Waals surface area contributed by atoms with Gasteiger partial charge in [-0.25, -0.2) is 9.97 Å². The second kappa shape index (κ2) is 6.99. The van der Waals surface area contributed by atoms with E-state index in [0.717, 1.165) is 53.1 Å². The maximum absolute atomic E-state index is 13.3. The molecule has 0 radical (unpaired) electrons. The fourth-order valence-electron chi connectivity index (χ4n) is 3.80. The minimum atomic E-state index is 0.0327. The predicted molar refractivity (Wildman–Crippen MR) is 105 cm³/mol. The van der Waals surface area contributed by atoms with Crippen molar-refractivity contribution in [2.24, 2.45) is 0 Å². The topological polar surface area (TPSA) is 55.3 Å². The van der Waals surface area contributed by atoms with E-state index in [1.54, 1.807) is 7.11 Å². The molecule has 2 heterocycles. The normalized spacial score (nSPS) is 16.7. The lowest BCUT2D eigenvalue weighted by Crippen LogP contribution is -2.30. The van der Waals surface area contributed by atoms with Gasteiger partial charge in [-0.1, -0.05) is 18.2 Å². The minimum Gasteiger partial charge on any atom is -0.496 e. The van der Waals surface area contributed by atoms with Crippen molar-refractivity contribution in [3.05, 3.63) is 65.0 Å². The molecule has 5 heteroatoms. The Balaban J connectivity index is 1.69. The maximum atomic E-state index is 13.3. The zero-order valence-electron chi connectivity index (χ0n) is 15.9. The zero-order valence-corrected chi connectivity index (χ0v) is 15.9. The van der Waals surface area contributed by atoms with Crippen LogP contribution in [0.15, 0.2) is 42.5 Å². The summed E-state index contributed by atoms with van der Waals surface area (Å²) in [6.07, 6.45) is 1.93. The molecular weight excluding hydrogens is 338 g/mol. The van der Waals surface area contributed by atoms with E-state index >= 15 is 0 Å². The highest BCUT2D eigenvalue weighted by Crippen LogP contribution is 2.37.